The number of nitrogens with zero attached hydrogens (tertiary/aromatic N) is 1. The number of benzene rings is 4. The van der Waals surface area contributed by atoms with Crippen molar-refractivity contribution in [2.45, 2.75) is 31.1 Å². The van der Waals surface area contributed by atoms with Gasteiger partial charge in [0.05, 0.1) is 13.1 Å². The number of carbonyl (C=O) groups is 2. The molecule has 6 heteroatoms. The summed E-state index contributed by atoms with van der Waals surface area (Å²) in [4.78, 5) is 26.9. The van der Waals surface area contributed by atoms with Crippen molar-refractivity contribution >= 4 is 22.6 Å². The van der Waals surface area contributed by atoms with Crippen molar-refractivity contribution in [3.8, 4) is 0 Å². The summed E-state index contributed by atoms with van der Waals surface area (Å²) in [6.45, 7) is 3.11. The quantitative estimate of drug-likeness (QED) is 0.275. The highest BCUT2D eigenvalue weighted by molar-refractivity contribution is 5.86. The van der Waals surface area contributed by atoms with Gasteiger partial charge in [0, 0.05) is 30.9 Å². The summed E-state index contributed by atoms with van der Waals surface area (Å²) >= 11 is 0. The zero-order valence-corrected chi connectivity index (χ0v) is 22.5. The predicted octanol–water partition coefficient (Wildman–Crippen LogP) is 3.91. The number of hydrogen-bond acceptors (Lipinski definition) is 4. The highest BCUT2D eigenvalue weighted by atomic mass is 16.6. The molecule has 2 bridgehead atoms. The molecule has 1 N–H and O–H groups in total. The van der Waals surface area contributed by atoms with Gasteiger partial charge in [-0.05, 0) is 27.5 Å². The number of quaternary nitrogens is 1. The van der Waals surface area contributed by atoms with E-state index in [4.69, 9.17) is 4.74 Å². The van der Waals surface area contributed by atoms with Gasteiger partial charge in [0.1, 0.15) is 6.54 Å². The van der Waals surface area contributed by atoms with E-state index in [9.17, 15) is 14.7 Å². The van der Waals surface area contributed by atoms with E-state index in [0.717, 1.165) is 42.3 Å². The van der Waals surface area contributed by atoms with E-state index < -0.39 is 11.6 Å². The number of amides is 1. The minimum absolute atomic E-state index is 0.00916. The van der Waals surface area contributed by atoms with Crippen LogP contribution < -0.4 is 10.4 Å². The SMILES string of the molecule is O=C(C[N+]12CCC(CC1)C(OC(=O)C([O-])(c1ccccc1)c1ccccc1)C2)NCc1cccc2ccccc12. The molecule has 0 aliphatic carbocycles. The average Bonchev–Trinajstić information content (AvgIpc) is 3.00. The van der Waals surface area contributed by atoms with Gasteiger partial charge < -0.3 is 19.6 Å². The van der Waals surface area contributed by atoms with E-state index in [0.29, 0.717) is 35.2 Å². The molecular formula is C34H34N2O4. The van der Waals surface area contributed by atoms with Crippen molar-refractivity contribution in [1.29, 1.82) is 0 Å². The van der Waals surface area contributed by atoms with Gasteiger partial charge in [0.15, 0.2) is 12.6 Å². The van der Waals surface area contributed by atoms with Crippen LogP contribution in [-0.4, -0.2) is 48.6 Å². The molecule has 0 saturated carbocycles. The fourth-order valence-electron chi connectivity index (χ4n) is 6.55. The Kier molecular flexibility index (Phi) is 7.13. The molecular weight excluding hydrogens is 500 g/mol. The van der Waals surface area contributed by atoms with Crippen molar-refractivity contribution in [2.75, 3.05) is 26.2 Å². The van der Waals surface area contributed by atoms with Crippen LogP contribution in [0, 0.1) is 5.92 Å². The first-order chi connectivity index (χ1) is 19.5. The Morgan fingerprint density at radius 2 is 1.43 bits per heavy atom. The average molecular weight is 535 g/mol. The predicted molar refractivity (Wildman–Crippen MR) is 152 cm³/mol. The fourth-order valence-corrected chi connectivity index (χ4v) is 6.55. The summed E-state index contributed by atoms with van der Waals surface area (Å²) in [5, 5.41) is 19.7. The van der Waals surface area contributed by atoms with Crippen LogP contribution in [0.25, 0.3) is 10.8 Å². The lowest BCUT2D eigenvalue weighted by Crippen LogP contribution is -2.67. The van der Waals surface area contributed by atoms with Crippen LogP contribution in [0.5, 0.6) is 0 Å². The van der Waals surface area contributed by atoms with Gasteiger partial charge in [-0.1, -0.05) is 103 Å². The maximum absolute atomic E-state index is 14.3. The van der Waals surface area contributed by atoms with E-state index in [1.807, 2.05) is 36.4 Å². The molecule has 1 unspecified atom stereocenters. The van der Waals surface area contributed by atoms with Gasteiger partial charge >= 0.3 is 5.97 Å². The molecule has 0 radical (unpaired) electrons. The molecule has 3 aliphatic heterocycles. The number of ether oxygens (including phenoxy) is 1. The van der Waals surface area contributed by atoms with Crippen molar-refractivity contribution in [2.24, 2.45) is 5.92 Å². The van der Waals surface area contributed by atoms with E-state index >= 15 is 0 Å². The van der Waals surface area contributed by atoms with Gasteiger partial charge in [-0.2, -0.15) is 0 Å². The Hall–Kier alpha value is -4.00. The lowest BCUT2D eigenvalue weighted by atomic mass is 9.82. The number of hydrogen-bond donors (Lipinski definition) is 1. The highest BCUT2D eigenvalue weighted by Gasteiger charge is 2.49. The largest absolute Gasteiger partial charge is 0.834 e. The Bertz CT molecular complexity index is 1450. The molecule has 0 aromatic heterocycles. The summed E-state index contributed by atoms with van der Waals surface area (Å²) in [6.07, 6.45) is 1.36. The topological polar surface area (TPSA) is 78.5 Å². The summed E-state index contributed by atoms with van der Waals surface area (Å²) in [5.41, 5.74) is -0.340. The van der Waals surface area contributed by atoms with Crippen molar-refractivity contribution in [1.82, 2.24) is 5.32 Å². The summed E-state index contributed by atoms with van der Waals surface area (Å²) in [5.74, 6) is -0.578. The molecule has 6 nitrogen and oxygen atoms in total. The van der Waals surface area contributed by atoms with Crippen LogP contribution >= 0.6 is 0 Å². The molecule has 204 valence electrons. The third kappa shape index (κ3) is 5.01. The zero-order valence-electron chi connectivity index (χ0n) is 22.5. The first kappa shape index (κ1) is 26.2. The molecule has 1 atom stereocenters. The molecule has 3 fully saturated rings. The van der Waals surface area contributed by atoms with Crippen molar-refractivity contribution < 1.29 is 23.9 Å². The van der Waals surface area contributed by atoms with Crippen LogP contribution in [0.4, 0.5) is 0 Å². The molecule has 40 heavy (non-hydrogen) atoms. The highest BCUT2D eigenvalue weighted by Crippen LogP contribution is 2.37. The van der Waals surface area contributed by atoms with Gasteiger partial charge in [-0.25, -0.2) is 0 Å². The lowest BCUT2D eigenvalue weighted by Gasteiger charge is -2.52. The normalized spacial score (nSPS) is 22.1. The van der Waals surface area contributed by atoms with Crippen LogP contribution in [0.1, 0.15) is 29.5 Å². The maximum atomic E-state index is 14.3. The Balaban J connectivity index is 1.15. The monoisotopic (exact) mass is 534 g/mol. The lowest BCUT2D eigenvalue weighted by molar-refractivity contribution is -0.939. The maximum Gasteiger partial charge on any atom is 0.304 e. The molecule has 3 heterocycles. The minimum atomic E-state index is -2.16. The van der Waals surface area contributed by atoms with Crippen LogP contribution in [0.2, 0.25) is 0 Å². The Labute approximate surface area is 234 Å². The van der Waals surface area contributed by atoms with E-state index in [2.05, 4.69) is 23.5 Å². The molecule has 7 rings (SSSR count). The number of rotatable bonds is 8. The Morgan fingerprint density at radius 3 is 2.10 bits per heavy atom. The third-order valence-electron chi connectivity index (χ3n) is 8.78. The zero-order chi connectivity index (χ0) is 27.6. The van der Waals surface area contributed by atoms with Crippen molar-refractivity contribution in [3.63, 3.8) is 0 Å². The number of piperidine rings is 3. The van der Waals surface area contributed by atoms with E-state index in [1.54, 1.807) is 48.5 Å². The number of fused-ring (bicyclic) bond motifs is 4. The summed E-state index contributed by atoms with van der Waals surface area (Å²) in [6, 6.07) is 31.8. The molecule has 4 aromatic rings. The number of nitrogens with one attached hydrogen (secondary N) is 1. The second kappa shape index (κ2) is 10.9. The van der Waals surface area contributed by atoms with Crippen LogP contribution in [0.15, 0.2) is 103 Å². The van der Waals surface area contributed by atoms with E-state index in [1.165, 1.54) is 0 Å². The first-order valence-corrected chi connectivity index (χ1v) is 14.1. The van der Waals surface area contributed by atoms with Crippen molar-refractivity contribution in [3.05, 3.63) is 120 Å². The first-order valence-electron chi connectivity index (χ1n) is 14.1. The number of esters is 1. The number of carbonyl (C=O) groups excluding carboxylic acids is 2. The Morgan fingerprint density at radius 1 is 0.825 bits per heavy atom. The van der Waals surface area contributed by atoms with Crippen LogP contribution in [0.3, 0.4) is 0 Å². The third-order valence-corrected chi connectivity index (χ3v) is 8.78. The summed E-state index contributed by atoms with van der Waals surface area (Å²) < 4.78 is 6.67. The second-order valence-corrected chi connectivity index (χ2v) is 11.2. The minimum Gasteiger partial charge on any atom is -0.834 e. The fraction of sp³-hybridized carbons (Fsp3) is 0.294. The van der Waals surface area contributed by atoms with E-state index in [-0.39, 0.29) is 17.9 Å². The molecule has 4 aromatic carbocycles. The second-order valence-electron chi connectivity index (χ2n) is 11.2. The molecule has 3 saturated heterocycles. The molecule has 1 amide bonds. The smallest absolute Gasteiger partial charge is 0.304 e. The van der Waals surface area contributed by atoms with Gasteiger partial charge in [0.2, 0.25) is 0 Å². The van der Waals surface area contributed by atoms with Gasteiger partial charge in [-0.15, -0.1) is 0 Å². The van der Waals surface area contributed by atoms with Gasteiger partial charge in [0.25, 0.3) is 5.91 Å². The summed E-state index contributed by atoms with van der Waals surface area (Å²) in [7, 11) is 0. The molecule has 0 spiro atoms. The standard InChI is InChI=1S/C34H34N2O4/c37-32(35-22-27-12-9-11-25-10-7-8-17-30(25)27)24-36-20-18-26(19-21-36)31(23-36)40-33(38)34(39,28-13-3-1-4-14-28)29-15-5-2-6-16-29/h1-17,26,31H,18-24H2,(H,35,37). The van der Waals surface area contributed by atoms with Crippen LogP contribution in [-0.2, 0) is 26.5 Å². The molecule has 3 aliphatic rings. The van der Waals surface area contributed by atoms with Gasteiger partial charge in [-0.3, -0.25) is 9.59 Å².